The van der Waals surface area contributed by atoms with Gasteiger partial charge in [0.25, 0.3) is 11.7 Å². The summed E-state index contributed by atoms with van der Waals surface area (Å²) in [6, 6.07) is 7.86. The van der Waals surface area contributed by atoms with Gasteiger partial charge >= 0.3 is 0 Å². The van der Waals surface area contributed by atoms with Gasteiger partial charge in [-0.2, -0.15) is 10.1 Å². The minimum atomic E-state index is -0.0757. The minimum absolute atomic E-state index is 0.0688. The zero-order valence-electron chi connectivity index (χ0n) is 15.9. The number of aryl methyl sites for hydroxylation is 1. The highest BCUT2D eigenvalue weighted by molar-refractivity contribution is 7.27. The van der Waals surface area contributed by atoms with Gasteiger partial charge in [-0.3, -0.25) is 4.79 Å². The quantitative estimate of drug-likeness (QED) is 0.611. The van der Waals surface area contributed by atoms with Crippen LogP contribution in [0, 0.1) is 6.92 Å². The number of aliphatic hydroxyl groups is 1. The van der Waals surface area contributed by atoms with Gasteiger partial charge in [0.1, 0.15) is 6.33 Å². The van der Waals surface area contributed by atoms with E-state index >= 15 is 0 Å². The Bertz CT molecular complexity index is 1010. The van der Waals surface area contributed by atoms with E-state index in [2.05, 4.69) is 30.4 Å². The van der Waals surface area contributed by atoms with Gasteiger partial charge in [-0.05, 0) is 54.8 Å². The molecule has 7 nitrogen and oxygen atoms in total. The summed E-state index contributed by atoms with van der Waals surface area (Å²) in [5.41, 5.74) is 3.76. The largest absolute Gasteiger partial charge is 0.395 e. The van der Waals surface area contributed by atoms with Gasteiger partial charge in [0.15, 0.2) is 0 Å². The van der Waals surface area contributed by atoms with Crippen LogP contribution in [0.5, 0.6) is 0 Å². The minimum Gasteiger partial charge on any atom is -0.395 e. The summed E-state index contributed by atoms with van der Waals surface area (Å²) in [6.45, 7) is 2.61. The van der Waals surface area contributed by atoms with Crippen molar-refractivity contribution in [1.29, 1.82) is 0 Å². The normalized spacial score (nSPS) is 13.8. The highest BCUT2D eigenvalue weighted by Crippen LogP contribution is 2.39. The van der Waals surface area contributed by atoms with Crippen LogP contribution in [0.25, 0.3) is 5.78 Å². The van der Waals surface area contributed by atoms with Crippen molar-refractivity contribution in [2.24, 2.45) is 0 Å². The highest BCUT2D eigenvalue weighted by Gasteiger charge is 2.26. The number of aromatic nitrogens is 4. The number of carbonyl (C=O) groups excluding carboxylic acids is 1. The molecule has 0 saturated heterocycles. The Hall–Kier alpha value is -2.37. The number of rotatable bonds is 7. The second-order valence-corrected chi connectivity index (χ2v) is 7.87. The van der Waals surface area contributed by atoms with Gasteiger partial charge in [-0.25, -0.2) is 9.50 Å². The number of benzene rings is 1. The van der Waals surface area contributed by atoms with Gasteiger partial charge in [0.05, 0.1) is 6.61 Å². The molecule has 4 rings (SSSR count). The fourth-order valence-electron chi connectivity index (χ4n) is 3.53. The average molecular weight is 397 g/mol. The monoisotopic (exact) mass is 397 g/mol. The number of hydrogen-bond donors (Lipinski definition) is 1. The lowest BCUT2D eigenvalue weighted by atomic mass is 10.1. The van der Waals surface area contributed by atoms with Crippen LogP contribution < -0.4 is 5.30 Å². The molecule has 1 aliphatic rings. The van der Waals surface area contributed by atoms with Crippen molar-refractivity contribution in [1.82, 2.24) is 24.5 Å². The number of fused-ring (bicyclic) bond motifs is 1. The van der Waals surface area contributed by atoms with Crippen molar-refractivity contribution in [2.75, 3.05) is 19.7 Å². The summed E-state index contributed by atoms with van der Waals surface area (Å²) >= 11 is 0. The molecule has 28 heavy (non-hydrogen) atoms. The summed E-state index contributed by atoms with van der Waals surface area (Å²) in [7, 11) is 2.75. The third-order valence-corrected chi connectivity index (χ3v) is 5.60. The van der Waals surface area contributed by atoms with Gasteiger partial charge in [-0.15, -0.1) is 9.24 Å². The molecule has 2 heterocycles. The van der Waals surface area contributed by atoms with Gasteiger partial charge in [0.2, 0.25) is 0 Å². The zero-order chi connectivity index (χ0) is 19.7. The van der Waals surface area contributed by atoms with E-state index in [1.165, 1.54) is 24.7 Å². The van der Waals surface area contributed by atoms with Crippen LogP contribution >= 0.6 is 9.24 Å². The van der Waals surface area contributed by atoms with E-state index < -0.39 is 0 Å². The molecule has 3 aromatic rings. The SMILES string of the molecule is Cc1cc(CCN(CCO)C(=O)c2ccc(C3CC3)c(P)c2)n2ncnc2n1. The van der Waals surface area contributed by atoms with Gasteiger partial charge in [-0.1, -0.05) is 6.07 Å². The fraction of sp³-hybridized carbons (Fsp3) is 0.400. The Labute approximate surface area is 166 Å². The Morgan fingerprint density at radius 2 is 2.14 bits per heavy atom. The smallest absolute Gasteiger partial charge is 0.253 e. The molecule has 8 heteroatoms. The fourth-order valence-corrected chi connectivity index (χ4v) is 4.04. The number of hydrogen-bond acceptors (Lipinski definition) is 5. The van der Waals surface area contributed by atoms with Gasteiger partial charge < -0.3 is 10.0 Å². The highest BCUT2D eigenvalue weighted by atomic mass is 31.0. The Kier molecular flexibility index (Phi) is 5.38. The van der Waals surface area contributed by atoms with E-state index in [1.54, 1.807) is 9.42 Å². The first-order chi connectivity index (χ1) is 13.6. The number of amides is 1. The molecule has 0 bridgehead atoms. The predicted molar refractivity (Wildman–Crippen MR) is 110 cm³/mol. The molecule has 1 aromatic carbocycles. The van der Waals surface area contributed by atoms with Crippen molar-refractivity contribution in [3.63, 3.8) is 0 Å². The maximum absolute atomic E-state index is 13.0. The molecule has 1 saturated carbocycles. The first-order valence-electron chi connectivity index (χ1n) is 9.52. The third kappa shape index (κ3) is 3.91. The van der Waals surface area contributed by atoms with Gasteiger partial charge in [0, 0.05) is 36.5 Å². The summed E-state index contributed by atoms with van der Waals surface area (Å²) in [6.07, 6.45) is 4.54. The van der Waals surface area contributed by atoms with Crippen molar-refractivity contribution in [3.8, 4) is 0 Å². The Balaban J connectivity index is 1.52. The number of nitrogens with zero attached hydrogens (tertiary/aromatic N) is 5. The lowest BCUT2D eigenvalue weighted by molar-refractivity contribution is 0.0723. The lowest BCUT2D eigenvalue weighted by Gasteiger charge is -2.22. The molecule has 0 spiro atoms. The molecule has 1 amide bonds. The second-order valence-electron chi connectivity index (χ2n) is 7.24. The van der Waals surface area contributed by atoms with Crippen LogP contribution in [0.4, 0.5) is 0 Å². The first kappa shape index (κ1) is 19.0. The van der Waals surface area contributed by atoms with Crippen molar-refractivity contribution in [2.45, 2.75) is 32.1 Å². The topological polar surface area (TPSA) is 83.6 Å². The number of carbonyl (C=O) groups is 1. The predicted octanol–water partition coefficient (Wildman–Crippen LogP) is 1.49. The van der Waals surface area contributed by atoms with Crippen LogP contribution in [0.1, 0.15) is 46.1 Å². The Morgan fingerprint density at radius 3 is 2.86 bits per heavy atom. The van der Waals surface area contributed by atoms with E-state index in [-0.39, 0.29) is 12.5 Å². The molecule has 1 fully saturated rings. The summed E-state index contributed by atoms with van der Waals surface area (Å²) in [5, 5.41) is 14.8. The van der Waals surface area contributed by atoms with E-state index in [9.17, 15) is 9.90 Å². The average Bonchev–Trinajstić information content (AvgIpc) is 3.41. The molecule has 1 unspecified atom stereocenters. The zero-order valence-corrected chi connectivity index (χ0v) is 17.0. The standard InChI is InChI=1S/C20H24N5O2P/c1-13-10-16(25-20(23-13)21-12-22-25)6-7-24(8-9-26)19(27)15-4-5-17(14-2-3-14)18(28)11-15/h4-5,10-12,14,26H,2-3,6-9,28H2,1H3. The second kappa shape index (κ2) is 7.94. The maximum atomic E-state index is 13.0. The maximum Gasteiger partial charge on any atom is 0.253 e. The summed E-state index contributed by atoms with van der Waals surface area (Å²) in [4.78, 5) is 23.2. The van der Waals surface area contributed by atoms with E-state index in [0.717, 1.165) is 16.7 Å². The molecule has 0 aliphatic heterocycles. The Morgan fingerprint density at radius 1 is 1.32 bits per heavy atom. The van der Waals surface area contributed by atoms with Crippen LogP contribution in [0.3, 0.4) is 0 Å². The van der Waals surface area contributed by atoms with Crippen molar-refractivity contribution >= 4 is 26.2 Å². The third-order valence-electron chi connectivity index (χ3n) is 5.10. The number of aliphatic hydroxyl groups excluding tert-OH is 1. The molecule has 0 radical (unpaired) electrons. The summed E-state index contributed by atoms with van der Waals surface area (Å²) in [5.74, 6) is 1.13. The van der Waals surface area contributed by atoms with Crippen LogP contribution in [-0.4, -0.2) is 55.2 Å². The van der Waals surface area contributed by atoms with Crippen LogP contribution in [-0.2, 0) is 6.42 Å². The van der Waals surface area contributed by atoms with Crippen LogP contribution in [0.15, 0.2) is 30.6 Å². The molecule has 2 aromatic heterocycles. The van der Waals surface area contributed by atoms with Crippen molar-refractivity contribution in [3.05, 3.63) is 53.1 Å². The molecule has 1 aliphatic carbocycles. The van der Waals surface area contributed by atoms with Crippen molar-refractivity contribution < 1.29 is 9.90 Å². The lowest BCUT2D eigenvalue weighted by Crippen LogP contribution is -2.36. The van der Waals surface area contributed by atoms with Crippen LogP contribution in [0.2, 0.25) is 0 Å². The summed E-state index contributed by atoms with van der Waals surface area (Å²) < 4.78 is 1.69. The molecule has 1 N–H and O–H groups in total. The molecular weight excluding hydrogens is 373 g/mol. The van der Waals surface area contributed by atoms with E-state index in [1.807, 2.05) is 25.1 Å². The first-order valence-corrected chi connectivity index (χ1v) is 10.1. The molecule has 1 atom stereocenters. The molecule has 146 valence electrons. The molecular formula is C20H24N5O2P. The van der Waals surface area contributed by atoms with E-state index in [0.29, 0.717) is 36.8 Å². The van der Waals surface area contributed by atoms with E-state index in [4.69, 9.17) is 0 Å².